The Morgan fingerprint density at radius 2 is 2.35 bits per heavy atom. The van der Waals surface area contributed by atoms with E-state index in [-0.39, 0.29) is 17.9 Å². The molecule has 0 aliphatic heterocycles. The van der Waals surface area contributed by atoms with E-state index in [4.69, 9.17) is 9.73 Å². The van der Waals surface area contributed by atoms with Gasteiger partial charge in [-0.05, 0) is 17.1 Å². The Kier molecular flexibility index (Phi) is 2.61. The molecule has 8 heteroatoms. The molecule has 0 atom stereocenters. The third-order valence-corrected chi connectivity index (χ3v) is 2.18. The Balaban J connectivity index is 2.40. The number of aromatic nitrogens is 1. The van der Waals surface area contributed by atoms with Crippen LogP contribution in [0, 0.1) is 10.1 Å². The highest BCUT2D eigenvalue weighted by Crippen LogP contribution is 2.23. The molecule has 0 aliphatic rings. The van der Waals surface area contributed by atoms with Crippen molar-refractivity contribution in [2.75, 3.05) is 0 Å². The highest BCUT2D eigenvalue weighted by molar-refractivity contribution is 5.85. The quantitative estimate of drug-likeness (QED) is 0.265. The molecule has 17 heavy (non-hydrogen) atoms. The summed E-state index contributed by atoms with van der Waals surface area (Å²) in [6.45, 7) is 0. The number of fused-ring (bicyclic) bond motifs is 1. The number of amidine groups is 1. The van der Waals surface area contributed by atoms with E-state index in [0.717, 1.165) is 0 Å². The zero-order valence-electron chi connectivity index (χ0n) is 8.40. The van der Waals surface area contributed by atoms with Gasteiger partial charge in [-0.3, -0.25) is 0 Å². The first-order chi connectivity index (χ1) is 8.11. The van der Waals surface area contributed by atoms with E-state index in [1.165, 1.54) is 18.2 Å². The molecular weight excluding hydrogens is 230 g/mol. The van der Waals surface area contributed by atoms with E-state index >= 15 is 0 Å². The molecule has 0 fully saturated rings. The average molecular weight is 237 g/mol. The molecule has 0 saturated carbocycles. The van der Waals surface area contributed by atoms with Crippen molar-refractivity contribution < 1.29 is 19.8 Å². The van der Waals surface area contributed by atoms with Crippen molar-refractivity contribution in [1.29, 1.82) is 0 Å². The zero-order chi connectivity index (χ0) is 12.4. The molecule has 1 heterocycles. The summed E-state index contributed by atoms with van der Waals surface area (Å²) in [5.41, 5.74) is 0.574. The second-order valence-electron chi connectivity index (χ2n) is 3.26. The van der Waals surface area contributed by atoms with Gasteiger partial charge in [0.1, 0.15) is 17.9 Å². The number of benzene rings is 1. The molecule has 1 aromatic carbocycles. The first kappa shape index (κ1) is 10.9. The predicted octanol–water partition coefficient (Wildman–Crippen LogP) is 1.14. The second-order valence-corrected chi connectivity index (χ2v) is 3.26. The lowest BCUT2D eigenvalue weighted by Crippen LogP contribution is -2.15. The van der Waals surface area contributed by atoms with Crippen molar-refractivity contribution in [3.63, 3.8) is 0 Å². The van der Waals surface area contributed by atoms with Crippen molar-refractivity contribution in [1.82, 2.24) is 5.16 Å². The van der Waals surface area contributed by atoms with Crippen LogP contribution in [0.25, 0.3) is 11.0 Å². The third kappa shape index (κ3) is 2.00. The van der Waals surface area contributed by atoms with Gasteiger partial charge in [0.15, 0.2) is 10.7 Å². The molecular formula is C9H7N3O5. The number of phenols is 1. The summed E-state index contributed by atoms with van der Waals surface area (Å²) in [4.78, 5) is 9.66. The SMILES string of the molecule is O=[N+]([O-])C(Cc1noc2cc(O)ccc12)=NO. The van der Waals surface area contributed by atoms with Crippen LogP contribution in [0.5, 0.6) is 5.75 Å². The maximum atomic E-state index is 10.5. The van der Waals surface area contributed by atoms with Crippen LogP contribution in [0.3, 0.4) is 0 Å². The molecule has 2 aromatic rings. The number of aromatic hydroxyl groups is 1. The summed E-state index contributed by atoms with van der Waals surface area (Å²) in [5, 5.41) is 34.8. The van der Waals surface area contributed by atoms with Crippen LogP contribution in [0.1, 0.15) is 5.69 Å². The van der Waals surface area contributed by atoms with E-state index in [1.807, 2.05) is 0 Å². The third-order valence-electron chi connectivity index (χ3n) is 2.18. The number of phenolic OH excluding ortho intramolecular Hbond substituents is 1. The van der Waals surface area contributed by atoms with Crippen LogP contribution in [0.15, 0.2) is 27.9 Å². The topological polar surface area (TPSA) is 122 Å². The van der Waals surface area contributed by atoms with Crippen LogP contribution in [-0.2, 0) is 6.42 Å². The fourth-order valence-corrected chi connectivity index (χ4v) is 1.39. The number of hydrogen-bond acceptors (Lipinski definition) is 7. The highest BCUT2D eigenvalue weighted by atomic mass is 16.6. The van der Waals surface area contributed by atoms with Crippen molar-refractivity contribution in [2.45, 2.75) is 6.42 Å². The smallest absolute Gasteiger partial charge is 0.391 e. The minimum Gasteiger partial charge on any atom is -0.508 e. The number of nitro groups is 1. The molecule has 0 unspecified atom stereocenters. The molecule has 0 spiro atoms. The lowest BCUT2D eigenvalue weighted by molar-refractivity contribution is -0.355. The van der Waals surface area contributed by atoms with Crippen molar-refractivity contribution in [2.24, 2.45) is 5.16 Å². The van der Waals surface area contributed by atoms with Gasteiger partial charge >= 0.3 is 5.84 Å². The largest absolute Gasteiger partial charge is 0.508 e. The molecule has 0 radical (unpaired) electrons. The lowest BCUT2D eigenvalue weighted by Gasteiger charge is -1.94. The maximum Gasteiger partial charge on any atom is 0.391 e. The summed E-state index contributed by atoms with van der Waals surface area (Å²) in [6.07, 6.45) is -0.263. The van der Waals surface area contributed by atoms with Crippen LogP contribution >= 0.6 is 0 Å². The van der Waals surface area contributed by atoms with Gasteiger partial charge < -0.3 is 25.0 Å². The average Bonchev–Trinajstić information content (AvgIpc) is 2.67. The first-order valence-corrected chi connectivity index (χ1v) is 4.54. The molecule has 2 rings (SSSR count). The van der Waals surface area contributed by atoms with Gasteiger partial charge in [-0.2, -0.15) is 0 Å². The monoisotopic (exact) mass is 237 g/mol. The van der Waals surface area contributed by atoms with E-state index in [0.29, 0.717) is 11.0 Å². The number of rotatable bonds is 2. The van der Waals surface area contributed by atoms with Gasteiger partial charge in [-0.1, -0.05) is 5.16 Å². The molecule has 1 aromatic heterocycles. The molecule has 0 bridgehead atoms. The summed E-state index contributed by atoms with van der Waals surface area (Å²) < 4.78 is 4.89. The van der Waals surface area contributed by atoms with Crippen LogP contribution in [0.2, 0.25) is 0 Å². The predicted molar refractivity (Wildman–Crippen MR) is 55.6 cm³/mol. The van der Waals surface area contributed by atoms with Crippen LogP contribution in [0.4, 0.5) is 0 Å². The van der Waals surface area contributed by atoms with Crippen LogP contribution < -0.4 is 0 Å². The van der Waals surface area contributed by atoms with Gasteiger partial charge in [0.2, 0.25) is 0 Å². The molecule has 88 valence electrons. The normalized spacial score (nSPS) is 11.9. The van der Waals surface area contributed by atoms with E-state index in [2.05, 4.69) is 10.3 Å². The van der Waals surface area contributed by atoms with Gasteiger partial charge in [0.25, 0.3) is 0 Å². The van der Waals surface area contributed by atoms with Crippen molar-refractivity contribution in [3.8, 4) is 5.75 Å². The van der Waals surface area contributed by atoms with Gasteiger partial charge in [0, 0.05) is 11.5 Å². The molecule has 8 nitrogen and oxygen atoms in total. The maximum absolute atomic E-state index is 10.5. The minimum atomic E-state index is -0.805. The van der Waals surface area contributed by atoms with E-state index in [1.54, 1.807) is 0 Å². The summed E-state index contributed by atoms with van der Waals surface area (Å²) in [6, 6.07) is 4.27. The number of nitrogens with zero attached hydrogens (tertiary/aromatic N) is 3. The van der Waals surface area contributed by atoms with E-state index in [9.17, 15) is 15.2 Å². The Bertz CT molecular complexity index is 604. The minimum absolute atomic E-state index is 0.00512. The number of hydrogen-bond donors (Lipinski definition) is 2. The molecule has 0 amide bonds. The van der Waals surface area contributed by atoms with Gasteiger partial charge in [-0.25, -0.2) is 0 Å². The molecule has 2 N–H and O–H groups in total. The summed E-state index contributed by atoms with van der Waals surface area (Å²) in [7, 11) is 0. The fraction of sp³-hybridized carbons (Fsp3) is 0.111. The Morgan fingerprint density at radius 1 is 1.59 bits per heavy atom. The zero-order valence-corrected chi connectivity index (χ0v) is 8.40. The Morgan fingerprint density at radius 3 is 3.00 bits per heavy atom. The highest BCUT2D eigenvalue weighted by Gasteiger charge is 2.19. The van der Waals surface area contributed by atoms with Crippen molar-refractivity contribution in [3.05, 3.63) is 34.0 Å². The number of oxime groups is 1. The fourth-order valence-electron chi connectivity index (χ4n) is 1.39. The lowest BCUT2D eigenvalue weighted by atomic mass is 10.1. The van der Waals surface area contributed by atoms with Crippen molar-refractivity contribution >= 4 is 16.8 Å². The molecule has 0 aliphatic carbocycles. The van der Waals surface area contributed by atoms with Gasteiger partial charge in [-0.15, -0.1) is 0 Å². The standard InChI is InChI=1S/C9H7N3O5/c13-5-1-2-6-7(11-17-8(6)3-5)4-9(10-14)12(15)16/h1-3,13-14H,4H2. The Hall–Kier alpha value is -2.64. The molecule has 0 saturated heterocycles. The Labute approximate surface area is 93.9 Å². The van der Waals surface area contributed by atoms with Gasteiger partial charge in [0.05, 0.1) is 0 Å². The van der Waals surface area contributed by atoms with Crippen LogP contribution in [-0.4, -0.2) is 26.2 Å². The second kappa shape index (κ2) is 4.08. The first-order valence-electron chi connectivity index (χ1n) is 4.54. The van der Waals surface area contributed by atoms with E-state index < -0.39 is 10.8 Å². The summed E-state index contributed by atoms with van der Waals surface area (Å²) in [5.74, 6) is -0.626. The summed E-state index contributed by atoms with van der Waals surface area (Å²) >= 11 is 0.